The normalized spacial score (nSPS) is 12.1. The number of hydrogen-bond acceptors (Lipinski definition) is 2. The van der Waals surface area contributed by atoms with Gasteiger partial charge in [0.1, 0.15) is 17.7 Å². The first kappa shape index (κ1) is 14.8. The van der Waals surface area contributed by atoms with Crippen LogP contribution in [-0.4, -0.2) is 30.1 Å². The lowest BCUT2D eigenvalue weighted by molar-refractivity contribution is -0.142. The SMILES string of the molecule is CN(C)C(C(=O)O)c1c(F)cccc1F.Cl. The Bertz CT molecular complexity index is 365. The van der Waals surface area contributed by atoms with Crippen LogP contribution >= 0.6 is 12.4 Å². The van der Waals surface area contributed by atoms with Gasteiger partial charge in [-0.2, -0.15) is 0 Å². The molecule has 1 aromatic rings. The third-order valence-corrected chi connectivity index (χ3v) is 2.02. The molecule has 0 bridgehead atoms. The minimum absolute atomic E-state index is 0. The summed E-state index contributed by atoms with van der Waals surface area (Å²) >= 11 is 0. The third kappa shape index (κ3) is 2.90. The molecule has 1 rings (SSSR count). The number of carboxylic acids is 1. The molecule has 16 heavy (non-hydrogen) atoms. The summed E-state index contributed by atoms with van der Waals surface area (Å²) in [5.74, 6) is -2.99. The number of likely N-dealkylation sites (N-methyl/N-ethyl adjacent to an activating group) is 1. The molecule has 1 aromatic carbocycles. The highest BCUT2D eigenvalue weighted by Crippen LogP contribution is 2.24. The molecule has 3 nitrogen and oxygen atoms in total. The van der Waals surface area contributed by atoms with E-state index in [-0.39, 0.29) is 12.4 Å². The molecule has 1 unspecified atom stereocenters. The van der Waals surface area contributed by atoms with Crippen molar-refractivity contribution in [2.24, 2.45) is 0 Å². The number of rotatable bonds is 3. The van der Waals surface area contributed by atoms with Crippen molar-refractivity contribution in [3.63, 3.8) is 0 Å². The molecule has 0 saturated carbocycles. The topological polar surface area (TPSA) is 40.5 Å². The molecule has 0 radical (unpaired) electrons. The highest BCUT2D eigenvalue weighted by Gasteiger charge is 2.28. The first-order valence-electron chi connectivity index (χ1n) is 4.28. The Morgan fingerprint density at radius 3 is 2.06 bits per heavy atom. The van der Waals surface area contributed by atoms with Crippen LogP contribution in [0, 0.1) is 11.6 Å². The maximum Gasteiger partial charge on any atom is 0.325 e. The standard InChI is InChI=1S/C10H11F2NO2.ClH/c1-13(2)9(10(14)15)8-6(11)4-3-5-7(8)12;/h3-5,9H,1-2H3,(H,14,15);1H. The van der Waals surface area contributed by atoms with Gasteiger partial charge >= 0.3 is 5.97 Å². The van der Waals surface area contributed by atoms with Crippen molar-refractivity contribution < 1.29 is 18.7 Å². The fraction of sp³-hybridized carbons (Fsp3) is 0.300. The van der Waals surface area contributed by atoms with Crippen LogP contribution < -0.4 is 0 Å². The fourth-order valence-electron chi connectivity index (χ4n) is 1.37. The van der Waals surface area contributed by atoms with Gasteiger partial charge in [-0.05, 0) is 26.2 Å². The van der Waals surface area contributed by atoms with E-state index in [1.165, 1.54) is 25.1 Å². The zero-order chi connectivity index (χ0) is 11.6. The van der Waals surface area contributed by atoms with Gasteiger partial charge in [-0.1, -0.05) is 6.07 Å². The maximum atomic E-state index is 13.3. The van der Waals surface area contributed by atoms with Crippen molar-refractivity contribution in [1.82, 2.24) is 4.90 Å². The van der Waals surface area contributed by atoms with Crippen LogP contribution in [0.4, 0.5) is 8.78 Å². The Morgan fingerprint density at radius 2 is 1.75 bits per heavy atom. The van der Waals surface area contributed by atoms with E-state index in [2.05, 4.69) is 0 Å². The summed E-state index contributed by atoms with van der Waals surface area (Å²) in [5, 5.41) is 8.87. The Hall–Kier alpha value is -1.20. The molecule has 0 amide bonds. The summed E-state index contributed by atoms with van der Waals surface area (Å²) in [7, 11) is 2.90. The molecular formula is C10H12ClF2NO2. The zero-order valence-corrected chi connectivity index (χ0v) is 9.59. The summed E-state index contributed by atoms with van der Waals surface area (Å²) in [6, 6.07) is 1.96. The molecule has 0 fully saturated rings. The molecule has 0 heterocycles. The summed E-state index contributed by atoms with van der Waals surface area (Å²) in [4.78, 5) is 12.1. The number of carboxylic acid groups (broad SMARTS) is 1. The summed E-state index contributed by atoms with van der Waals surface area (Å²) in [6.45, 7) is 0. The van der Waals surface area contributed by atoms with Crippen molar-refractivity contribution in [3.05, 3.63) is 35.4 Å². The lowest BCUT2D eigenvalue weighted by atomic mass is 10.0. The van der Waals surface area contributed by atoms with E-state index in [9.17, 15) is 13.6 Å². The smallest absolute Gasteiger partial charge is 0.325 e. The van der Waals surface area contributed by atoms with E-state index in [1.807, 2.05) is 0 Å². The first-order chi connectivity index (χ1) is 6.95. The molecule has 0 aromatic heterocycles. The molecule has 0 aliphatic carbocycles. The van der Waals surface area contributed by atoms with Gasteiger partial charge in [0.05, 0.1) is 5.56 Å². The largest absolute Gasteiger partial charge is 0.480 e. The van der Waals surface area contributed by atoms with Gasteiger partial charge in [0.25, 0.3) is 0 Å². The van der Waals surface area contributed by atoms with E-state index in [0.717, 1.165) is 12.1 Å². The van der Waals surface area contributed by atoms with Gasteiger partial charge in [0.15, 0.2) is 0 Å². The Morgan fingerprint density at radius 1 is 1.31 bits per heavy atom. The van der Waals surface area contributed by atoms with Gasteiger partial charge in [0.2, 0.25) is 0 Å². The molecule has 90 valence electrons. The molecule has 1 atom stereocenters. The molecular weight excluding hydrogens is 240 g/mol. The van der Waals surface area contributed by atoms with Crippen molar-refractivity contribution in [3.8, 4) is 0 Å². The quantitative estimate of drug-likeness (QED) is 0.894. The van der Waals surface area contributed by atoms with Crippen LogP contribution in [0.1, 0.15) is 11.6 Å². The highest BCUT2D eigenvalue weighted by molar-refractivity contribution is 5.85. The molecule has 1 N–H and O–H groups in total. The van der Waals surface area contributed by atoms with E-state index in [0.29, 0.717) is 0 Å². The Balaban J connectivity index is 0.00000225. The summed E-state index contributed by atoms with van der Waals surface area (Å²) < 4.78 is 26.6. The van der Waals surface area contributed by atoms with E-state index in [4.69, 9.17) is 5.11 Å². The maximum absolute atomic E-state index is 13.3. The second-order valence-corrected chi connectivity index (χ2v) is 3.34. The van der Waals surface area contributed by atoms with Gasteiger partial charge in [-0.3, -0.25) is 9.69 Å². The zero-order valence-electron chi connectivity index (χ0n) is 8.78. The average Bonchev–Trinajstić information content (AvgIpc) is 2.09. The van der Waals surface area contributed by atoms with E-state index < -0.39 is 29.2 Å². The molecule has 0 aliphatic heterocycles. The fourth-order valence-corrected chi connectivity index (χ4v) is 1.37. The Kier molecular flexibility index (Phi) is 5.33. The van der Waals surface area contributed by atoms with Crippen molar-refractivity contribution in [1.29, 1.82) is 0 Å². The minimum atomic E-state index is -1.31. The number of benzene rings is 1. The third-order valence-electron chi connectivity index (χ3n) is 2.02. The number of nitrogens with zero attached hydrogens (tertiary/aromatic N) is 1. The molecule has 6 heteroatoms. The average molecular weight is 252 g/mol. The van der Waals surface area contributed by atoms with Crippen LogP contribution in [0.3, 0.4) is 0 Å². The number of halogens is 3. The van der Waals surface area contributed by atoms with Crippen LogP contribution in [-0.2, 0) is 4.79 Å². The highest BCUT2D eigenvalue weighted by atomic mass is 35.5. The lowest BCUT2D eigenvalue weighted by Crippen LogP contribution is -2.29. The molecule has 0 saturated heterocycles. The predicted molar refractivity (Wildman–Crippen MR) is 57.7 cm³/mol. The number of carbonyl (C=O) groups is 1. The molecule has 0 aliphatic rings. The van der Waals surface area contributed by atoms with E-state index >= 15 is 0 Å². The van der Waals surface area contributed by atoms with Crippen molar-refractivity contribution in [2.75, 3.05) is 14.1 Å². The first-order valence-corrected chi connectivity index (χ1v) is 4.28. The van der Waals surface area contributed by atoms with Crippen LogP contribution in [0.25, 0.3) is 0 Å². The Labute approximate surface area is 98.1 Å². The predicted octanol–water partition coefficient (Wildman–Crippen LogP) is 2.07. The van der Waals surface area contributed by atoms with Crippen molar-refractivity contribution in [2.45, 2.75) is 6.04 Å². The monoisotopic (exact) mass is 251 g/mol. The molecule has 0 spiro atoms. The van der Waals surface area contributed by atoms with Crippen LogP contribution in [0.5, 0.6) is 0 Å². The van der Waals surface area contributed by atoms with Crippen LogP contribution in [0.2, 0.25) is 0 Å². The van der Waals surface area contributed by atoms with Crippen molar-refractivity contribution >= 4 is 18.4 Å². The van der Waals surface area contributed by atoms with Gasteiger partial charge in [-0.25, -0.2) is 8.78 Å². The number of hydrogen-bond donors (Lipinski definition) is 1. The summed E-state index contributed by atoms with van der Waals surface area (Å²) in [6.07, 6.45) is 0. The van der Waals surface area contributed by atoms with E-state index in [1.54, 1.807) is 0 Å². The lowest BCUT2D eigenvalue weighted by Gasteiger charge is -2.21. The second kappa shape index (κ2) is 5.77. The summed E-state index contributed by atoms with van der Waals surface area (Å²) in [5.41, 5.74) is -0.435. The van der Waals surface area contributed by atoms with Gasteiger partial charge < -0.3 is 5.11 Å². The van der Waals surface area contributed by atoms with Gasteiger partial charge in [0, 0.05) is 0 Å². The second-order valence-electron chi connectivity index (χ2n) is 3.34. The van der Waals surface area contributed by atoms with Crippen LogP contribution in [0.15, 0.2) is 18.2 Å². The van der Waals surface area contributed by atoms with Gasteiger partial charge in [-0.15, -0.1) is 12.4 Å². The minimum Gasteiger partial charge on any atom is -0.480 e. The number of aliphatic carboxylic acids is 1.